The number of methoxy groups -OCH3 is 1. The fraction of sp³-hybridized carbons (Fsp3) is 0.185. The van der Waals surface area contributed by atoms with Crippen LogP contribution in [0, 0.1) is 5.82 Å². The van der Waals surface area contributed by atoms with Crippen LogP contribution in [0.15, 0.2) is 83.0 Å². The Kier molecular flexibility index (Phi) is 7.54. The van der Waals surface area contributed by atoms with E-state index in [-0.39, 0.29) is 10.8 Å². The van der Waals surface area contributed by atoms with Crippen molar-refractivity contribution in [3.05, 3.63) is 105 Å². The van der Waals surface area contributed by atoms with Crippen molar-refractivity contribution >= 4 is 17.2 Å². The predicted octanol–water partition coefficient (Wildman–Crippen LogP) is 5.47. The molecule has 0 aliphatic rings. The van der Waals surface area contributed by atoms with Crippen molar-refractivity contribution in [2.24, 2.45) is 0 Å². The van der Waals surface area contributed by atoms with Crippen LogP contribution in [0.4, 0.5) is 4.39 Å². The number of amides is 1. The maximum atomic E-state index is 14.0. The summed E-state index contributed by atoms with van der Waals surface area (Å²) in [5, 5.41) is 4.67. The number of nitrogens with one attached hydrogen (secondary N) is 1. The van der Waals surface area contributed by atoms with Crippen LogP contribution in [0.3, 0.4) is 0 Å². The van der Waals surface area contributed by atoms with Crippen LogP contribution < -0.4 is 14.9 Å². The zero-order chi connectivity index (χ0) is 23.9. The van der Waals surface area contributed by atoms with Crippen molar-refractivity contribution in [1.82, 2.24) is 9.88 Å². The molecule has 3 aromatic carbocycles. The largest absolute Gasteiger partial charge is 0.495 e. The van der Waals surface area contributed by atoms with Gasteiger partial charge in [-0.05, 0) is 49.1 Å². The molecule has 0 radical (unpaired) electrons. The standard InChI is InChI=1S/C27H25FN2O3S/c1-33-25-14-13-22(28)17-23(25)30-24(18-34-27(30)32)20-11-7-12-21(16-20)26(31)29-15-6-5-10-19-8-3-2-4-9-19/h2-4,7-9,11-14,16-18H,5-6,10,15H2,1H3,(H,29,31). The third-order valence-electron chi connectivity index (χ3n) is 5.52. The van der Waals surface area contributed by atoms with Crippen LogP contribution in [0.5, 0.6) is 5.75 Å². The summed E-state index contributed by atoms with van der Waals surface area (Å²) < 4.78 is 20.7. The molecule has 0 saturated heterocycles. The first kappa shape index (κ1) is 23.4. The summed E-state index contributed by atoms with van der Waals surface area (Å²) in [5.41, 5.74) is 3.35. The molecule has 4 rings (SSSR count). The molecule has 5 nitrogen and oxygen atoms in total. The smallest absolute Gasteiger partial charge is 0.312 e. The van der Waals surface area contributed by atoms with Crippen LogP contribution in [-0.2, 0) is 6.42 Å². The number of carbonyl (C=O) groups excluding carboxylic acids is 1. The average Bonchev–Trinajstić information content (AvgIpc) is 3.25. The number of unbranched alkanes of at least 4 members (excludes halogenated alkanes) is 1. The molecule has 1 heterocycles. The molecule has 1 N–H and O–H groups in total. The Bertz CT molecular complexity index is 1330. The van der Waals surface area contributed by atoms with E-state index in [9.17, 15) is 14.0 Å². The van der Waals surface area contributed by atoms with E-state index in [0.717, 1.165) is 30.6 Å². The van der Waals surface area contributed by atoms with E-state index in [1.54, 1.807) is 23.6 Å². The van der Waals surface area contributed by atoms with E-state index < -0.39 is 5.82 Å². The normalized spacial score (nSPS) is 10.8. The minimum atomic E-state index is -0.472. The Morgan fingerprint density at radius 3 is 2.65 bits per heavy atom. The number of aromatic nitrogens is 1. The SMILES string of the molecule is COc1ccc(F)cc1-n1c(-c2cccc(C(=O)NCCCCc3ccccc3)c2)csc1=O. The van der Waals surface area contributed by atoms with Crippen LogP contribution in [0.1, 0.15) is 28.8 Å². The van der Waals surface area contributed by atoms with Gasteiger partial charge in [0, 0.05) is 29.1 Å². The van der Waals surface area contributed by atoms with Gasteiger partial charge in [-0.1, -0.05) is 53.8 Å². The lowest BCUT2D eigenvalue weighted by molar-refractivity contribution is 0.0953. The molecule has 0 aliphatic heterocycles. The molecule has 0 bridgehead atoms. The number of aryl methyl sites for hydroxylation is 1. The van der Waals surface area contributed by atoms with E-state index in [2.05, 4.69) is 17.4 Å². The lowest BCUT2D eigenvalue weighted by atomic mass is 10.1. The second kappa shape index (κ2) is 10.9. The number of rotatable bonds is 9. The van der Waals surface area contributed by atoms with Gasteiger partial charge in [0.05, 0.1) is 18.5 Å². The maximum Gasteiger partial charge on any atom is 0.312 e. The molecule has 174 valence electrons. The number of thiazole rings is 1. The second-order valence-electron chi connectivity index (χ2n) is 7.82. The fourth-order valence-electron chi connectivity index (χ4n) is 3.80. The number of carbonyl (C=O) groups is 1. The number of hydrogen-bond acceptors (Lipinski definition) is 4. The Labute approximate surface area is 201 Å². The summed E-state index contributed by atoms with van der Waals surface area (Å²) in [5.74, 6) is -0.262. The Hall–Kier alpha value is -3.71. The van der Waals surface area contributed by atoms with E-state index in [1.165, 1.54) is 35.4 Å². The summed E-state index contributed by atoms with van der Waals surface area (Å²) in [7, 11) is 1.47. The highest BCUT2D eigenvalue weighted by Gasteiger charge is 2.17. The molecule has 4 aromatic rings. The van der Waals surface area contributed by atoms with E-state index >= 15 is 0 Å². The number of hydrogen-bond donors (Lipinski definition) is 1. The van der Waals surface area contributed by atoms with Crippen molar-refractivity contribution in [3.8, 4) is 22.7 Å². The van der Waals surface area contributed by atoms with Gasteiger partial charge in [0.2, 0.25) is 0 Å². The van der Waals surface area contributed by atoms with E-state index in [4.69, 9.17) is 4.74 Å². The van der Waals surface area contributed by atoms with Crippen LogP contribution in [0.25, 0.3) is 16.9 Å². The summed E-state index contributed by atoms with van der Waals surface area (Å²) >= 11 is 1.01. The summed E-state index contributed by atoms with van der Waals surface area (Å²) in [6.45, 7) is 0.583. The lowest BCUT2D eigenvalue weighted by Crippen LogP contribution is -2.24. The molecule has 0 aliphatic carbocycles. The minimum absolute atomic E-state index is 0.172. The van der Waals surface area contributed by atoms with Crippen LogP contribution in [-0.4, -0.2) is 24.1 Å². The van der Waals surface area contributed by atoms with E-state index in [0.29, 0.717) is 34.8 Å². The molecule has 0 spiro atoms. The number of nitrogens with zero attached hydrogens (tertiary/aromatic N) is 1. The lowest BCUT2D eigenvalue weighted by Gasteiger charge is -2.13. The molecule has 1 aromatic heterocycles. The Morgan fingerprint density at radius 1 is 1.03 bits per heavy atom. The van der Waals surface area contributed by atoms with Gasteiger partial charge < -0.3 is 10.1 Å². The predicted molar refractivity (Wildman–Crippen MR) is 134 cm³/mol. The summed E-state index contributed by atoms with van der Waals surface area (Å²) in [6.07, 6.45) is 2.84. The van der Waals surface area contributed by atoms with Gasteiger partial charge in [-0.3, -0.25) is 14.2 Å². The summed E-state index contributed by atoms with van der Waals surface area (Å²) in [4.78, 5) is 25.1. The maximum absolute atomic E-state index is 14.0. The van der Waals surface area contributed by atoms with Gasteiger partial charge in [-0.2, -0.15) is 0 Å². The van der Waals surface area contributed by atoms with Crippen molar-refractivity contribution < 1.29 is 13.9 Å². The zero-order valence-corrected chi connectivity index (χ0v) is 19.6. The molecule has 0 saturated carbocycles. The minimum Gasteiger partial charge on any atom is -0.495 e. The zero-order valence-electron chi connectivity index (χ0n) is 18.8. The quantitative estimate of drug-likeness (QED) is 0.326. The molecule has 1 amide bonds. The first-order valence-electron chi connectivity index (χ1n) is 11.0. The fourth-order valence-corrected chi connectivity index (χ4v) is 4.55. The third kappa shape index (κ3) is 5.43. The van der Waals surface area contributed by atoms with Gasteiger partial charge in [0.15, 0.2) is 0 Å². The van der Waals surface area contributed by atoms with E-state index in [1.807, 2.05) is 24.3 Å². The molecule has 34 heavy (non-hydrogen) atoms. The third-order valence-corrected chi connectivity index (χ3v) is 6.24. The first-order valence-corrected chi connectivity index (χ1v) is 11.9. The Morgan fingerprint density at radius 2 is 1.85 bits per heavy atom. The number of benzene rings is 3. The van der Waals surface area contributed by atoms with Gasteiger partial charge in [0.25, 0.3) is 5.91 Å². The van der Waals surface area contributed by atoms with Crippen molar-refractivity contribution in [2.45, 2.75) is 19.3 Å². The molecular weight excluding hydrogens is 451 g/mol. The molecule has 0 unspecified atom stereocenters. The van der Waals surface area contributed by atoms with Crippen LogP contribution in [0.2, 0.25) is 0 Å². The molecular formula is C27H25FN2O3S. The second-order valence-corrected chi connectivity index (χ2v) is 8.64. The van der Waals surface area contributed by atoms with Crippen molar-refractivity contribution in [1.29, 1.82) is 0 Å². The highest BCUT2D eigenvalue weighted by atomic mass is 32.1. The Balaban J connectivity index is 1.48. The molecule has 0 atom stereocenters. The highest BCUT2D eigenvalue weighted by molar-refractivity contribution is 7.07. The van der Waals surface area contributed by atoms with Crippen molar-refractivity contribution in [2.75, 3.05) is 13.7 Å². The molecule has 7 heteroatoms. The van der Waals surface area contributed by atoms with Gasteiger partial charge >= 0.3 is 4.87 Å². The van der Waals surface area contributed by atoms with Crippen LogP contribution >= 0.6 is 11.3 Å². The van der Waals surface area contributed by atoms with Gasteiger partial charge in [-0.25, -0.2) is 4.39 Å². The van der Waals surface area contributed by atoms with Gasteiger partial charge in [-0.15, -0.1) is 0 Å². The number of ether oxygens (including phenoxy) is 1. The molecule has 0 fully saturated rings. The summed E-state index contributed by atoms with van der Waals surface area (Å²) in [6, 6.07) is 21.4. The van der Waals surface area contributed by atoms with Crippen molar-refractivity contribution in [3.63, 3.8) is 0 Å². The highest BCUT2D eigenvalue weighted by Crippen LogP contribution is 2.29. The topological polar surface area (TPSA) is 60.3 Å². The number of halogens is 1. The average molecular weight is 477 g/mol. The monoisotopic (exact) mass is 476 g/mol. The van der Waals surface area contributed by atoms with Gasteiger partial charge in [0.1, 0.15) is 11.6 Å². The first-order chi connectivity index (χ1) is 16.6.